The van der Waals surface area contributed by atoms with Gasteiger partial charge in [0.1, 0.15) is 0 Å². The van der Waals surface area contributed by atoms with Crippen LogP contribution in [0, 0.1) is 0 Å². The predicted octanol–water partition coefficient (Wildman–Crippen LogP) is 0.642. The molecule has 1 fully saturated rings. The third kappa shape index (κ3) is 2.02. The van der Waals surface area contributed by atoms with Gasteiger partial charge in [0.05, 0.1) is 18.3 Å². The van der Waals surface area contributed by atoms with Gasteiger partial charge in [0, 0.05) is 13.2 Å². The molecule has 2 rings (SSSR count). The van der Waals surface area contributed by atoms with E-state index in [4.69, 9.17) is 5.11 Å². The maximum Gasteiger partial charge on any atom is 0.317 e. The fraction of sp³-hybridized carbons (Fsp3) is 0.600. The van der Waals surface area contributed by atoms with Crippen LogP contribution in [-0.2, 0) is 11.8 Å². The van der Waals surface area contributed by atoms with Crippen LogP contribution in [-0.4, -0.2) is 38.8 Å². The number of carboxylic acid groups (broad SMARTS) is 1. The first-order chi connectivity index (χ1) is 7.18. The zero-order valence-corrected chi connectivity index (χ0v) is 8.76. The highest BCUT2D eigenvalue weighted by Crippen LogP contribution is 2.30. The highest BCUT2D eigenvalue weighted by atomic mass is 16.4. The Balaban J connectivity index is 2.14. The maximum atomic E-state index is 10.7. The van der Waals surface area contributed by atoms with Crippen LogP contribution >= 0.6 is 0 Å². The number of aryl methyl sites for hydroxylation is 1. The third-order valence-electron chi connectivity index (χ3n) is 2.90. The fourth-order valence-electron chi connectivity index (χ4n) is 2.24. The van der Waals surface area contributed by atoms with Crippen molar-refractivity contribution in [3.05, 3.63) is 18.0 Å². The van der Waals surface area contributed by atoms with Crippen LogP contribution in [0.4, 0.5) is 0 Å². The van der Waals surface area contributed by atoms with Gasteiger partial charge in [-0.2, -0.15) is 5.10 Å². The highest BCUT2D eigenvalue weighted by Gasteiger charge is 2.29. The van der Waals surface area contributed by atoms with E-state index in [0.717, 1.165) is 25.1 Å². The third-order valence-corrected chi connectivity index (χ3v) is 2.90. The van der Waals surface area contributed by atoms with E-state index in [2.05, 4.69) is 5.10 Å². The van der Waals surface area contributed by atoms with Crippen LogP contribution in [0.15, 0.2) is 12.3 Å². The molecule has 5 heteroatoms. The van der Waals surface area contributed by atoms with Gasteiger partial charge >= 0.3 is 5.97 Å². The molecule has 1 atom stereocenters. The lowest BCUT2D eigenvalue weighted by Crippen LogP contribution is -2.30. The van der Waals surface area contributed by atoms with Gasteiger partial charge in [-0.3, -0.25) is 14.4 Å². The summed E-state index contributed by atoms with van der Waals surface area (Å²) in [5, 5.41) is 12.9. The van der Waals surface area contributed by atoms with E-state index in [-0.39, 0.29) is 12.6 Å². The zero-order chi connectivity index (χ0) is 10.8. The molecule has 1 saturated heterocycles. The number of carboxylic acids is 1. The van der Waals surface area contributed by atoms with Crippen LogP contribution in [0.1, 0.15) is 24.6 Å². The number of hydrogen-bond acceptors (Lipinski definition) is 3. The Hall–Kier alpha value is -1.36. The average Bonchev–Trinajstić information content (AvgIpc) is 2.73. The first kappa shape index (κ1) is 10.2. The molecule has 0 radical (unpaired) electrons. The summed E-state index contributed by atoms with van der Waals surface area (Å²) >= 11 is 0. The Kier molecular flexibility index (Phi) is 2.73. The fourth-order valence-corrected chi connectivity index (χ4v) is 2.24. The van der Waals surface area contributed by atoms with E-state index in [1.54, 1.807) is 6.20 Å². The summed E-state index contributed by atoms with van der Waals surface area (Å²) < 4.78 is 1.82. The SMILES string of the molecule is Cn1nccc1[C@H]1CCCN1CC(=O)O. The van der Waals surface area contributed by atoms with E-state index < -0.39 is 5.97 Å². The Labute approximate surface area is 88.3 Å². The minimum Gasteiger partial charge on any atom is -0.480 e. The zero-order valence-electron chi connectivity index (χ0n) is 8.76. The van der Waals surface area contributed by atoms with Crippen molar-refractivity contribution in [2.75, 3.05) is 13.1 Å². The predicted molar refractivity (Wildman–Crippen MR) is 54.4 cm³/mol. The van der Waals surface area contributed by atoms with Crippen molar-refractivity contribution < 1.29 is 9.90 Å². The molecular weight excluding hydrogens is 194 g/mol. The quantitative estimate of drug-likeness (QED) is 0.793. The van der Waals surface area contributed by atoms with Crippen molar-refractivity contribution >= 4 is 5.97 Å². The molecule has 0 bridgehead atoms. The summed E-state index contributed by atoms with van der Waals surface area (Å²) in [7, 11) is 1.90. The molecule has 1 aliphatic rings. The van der Waals surface area contributed by atoms with Crippen LogP contribution in [0.3, 0.4) is 0 Å². The summed E-state index contributed by atoms with van der Waals surface area (Å²) in [6.45, 7) is 0.984. The van der Waals surface area contributed by atoms with E-state index in [0.29, 0.717) is 0 Å². The van der Waals surface area contributed by atoms with Crippen LogP contribution in [0.25, 0.3) is 0 Å². The van der Waals surface area contributed by atoms with Gasteiger partial charge in [0.2, 0.25) is 0 Å². The smallest absolute Gasteiger partial charge is 0.317 e. The van der Waals surface area contributed by atoms with Gasteiger partial charge in [-0.05, 0) is 25.5 Å². The van der Waals surface area contributed by atoms with E-state index >= 15 is 0 Å². The minimum absolute atomic E-state index is 0.121. The van der Waals surface area contributed by atoms with Crippen molar-refractivity contribution in [3.63, 3.8) is 0 Å². The number of hydrogen-bond donors (Lipinski definition) is 1. The summed E-state index contributed by atoms with van der Waals surface area (Å²) in [5.74, 6) is -0.760. The minimum atomic E-state index is -0.760. The second kappa shape index (κ2) is 4.02. The average molecular weight is 209 g/mol. The first-order valence-electron chi connectivity index (χ1n) is 5.12. The van der Waals surface area contributed by atoms with Crippen molar-refractivity contribution in [2.24, 2.45) is 7.05 Å². The lowest BCUT2D eigenvalue weighted by atomic mass is 10.1. The summed E-state index contributed by atoms with van der Waals surface area (Å²) in [6, 6.07) is 2.18. The number of nitrogens with zero attached hydrogens (tertiary/aromatic N) is 3. The first-order valence-corrected chi connectivity index (χ1v) is 5.12. The Bertz CT molecular complexity index is 361. The molecule has 82 valence electrons. The number of aliphatic carboxylic acids is 1. The molecule has 0 saturated carbocycles. The molecule has 15 heavy (non-hydrogen) atoms. The largest absolute Gasteiger partial charge is 0.480 e. The van der Waals surface area contributed by atoms with E-state index in [1.165, 1.54) is 0 Å². The molecule has 1 N–H and O–H groups in total. The summed E-state index contributed by atoms with van der Waals surface area (Å²) in [6.07, 6.45) is 3.84. The van der Waals surface area contributed by atoms with Gasteiger partial charge in [0.25, 0.3) is 0 Å². The van der Waals surface area contributed by atoms with Crippen molar-refractivity contribution in [1.29, 1.82) is 0 Å². The van der Waals surface area contributed by atoms with E-state index in [9.17, 15) is 4.79 Å². The lowest BCUT2D eigenvalue weighted by molar-refractivity contribution is -0.138. The monoisotopic (exact) mass is 209 g/mol. The van der Waals surface area contributed by atoms with Crippen molar-refractivity contribution in [2.45, 2.75) is 18.9 Å². The molecular formula is C10H15N3O2. The maximum absolute atomic E-state index is 10.7. The van der Waals surface area contributed by atoms with E-state index in [1.807, 2.05) is 22.7 Å². The summed E-state index contributed by atoms with van der Waals surface area (Å²) in [4.78, 5) is 12.7. The van der Waals surface area contributed by atoms with Crippen molar-refractivity contribution in [1.82, 2.24) is 14.7 Å². The molecule has 0 aliphatic carbocycles. The van der Waals surface area contributed by atoms with Crippen LogP contribution in [0.5, 0.6) is 0 Å². The highest BCUT2D eigenvalue weighted by molar-refractivity contribution is 5.69. The molecule has 0 unspecified atom stereocenters. The number of carbonyl (C=O) groups is 1. The van der Waals surface area contributed by atoms with Crippen LogP contribution < -0.4 is 0 Å². The number of rotatable bonds is 3. The normalized spacial score (nSPS) is 22.1. The summed E-state index contributed by atoms with van der Waals surface area (Å²) in [5.41, 5.74) is 1.11. The molecule has 1 aliphatic heterocycles. The Morgan fingerprint density at radius 1 is 1.73 bits per heavy atom. The molecule has 1 aromatic heterocycles. The van der Waals surface area contributed by atoms with Crippen molar-refractivity contribution in [3.8, 4) is 0 Å². The number of aromatic nitrogens is 2. The van der Waals surface area contributed by atoms with Crippen LogP contribution in [0.2, 0.25) is 0 Å². The second-order valence-electron chi connectivity index (χ2n) is 3.90. The molecule has 0 aromatic carbocycles. The topological polar surface area (TPSA) is 58.4 Å². The molecule has 0 spiro atoms. The van der Waals surface area contributed by atoms with Gasteiger partial charge < -0.3 is 5.11 Å². The van der Waals surface area contributed by atoms with Gasteiger partial charge in [-0.15, -0.1) is 0 Å². The second-order valence-corrected chi connectivity index (χ2v) is 3.90. The lowest BCUT2D eigenvalue weighted by Gasteiger charge is -2.22. The Morgan fingerprint density at radius 3 is 3.13 bits per heavy atom. The molecule has 5 nitrogen and oxygen atoms in total. The van der Waals surface area contributed by atoms with Gasteiger partial charge in [-0.1, -0.05) is 0 Å². The molecule has 0 amide bonds. The number of likely N-dealkylation sites (tertiary alicyclic amines) is 1. The molecule has 1 aromatic rings. The Morgan fingerprint density at radius 2 is 2.53 bits per heavy atom. The van der Waals surface area contributed by atoms with Gasteiger partial charge in [-0.25, -0.2) is 0 Å². The molecule has 2 heterocycles. The van der Waals surface area contributed by atoms with Gasteiger partial charge in [0.15, 0.2) is 0 Å². The standard InChI is InChI=1S/C10H15N3O2/c1-12-8(4-5-11-12)9-3-2-6-13(9)7-10(14)15/h4-5,9H,2-3,6-7H2,1H3,(H,14,15)/t9-/m1/s1.